The number of carbonyl (C=O) groups excluding carboxylic acids is 1. The van der Waals surface area contributed by atoms with Gasteiger partial charge in [-0.1, -0.05) is 37.8 Å². The molecule has 5 heteroatoms. The number of phenolic OH excluding ortho intramolecular Hbond substituents is 2. The Hall–Kier alpha value is -2.69. The highest BCUT2D eigenvalue weighted by molar-refractivity contribution is 6.01. The van der Waals surface area contributed by atoms with Gasteiger partial charge in [0, 0.05) is 6.42 Å². The van der Waals surface area contributed by atoms with Gasteiger partial charge in [-0.15, -0.1) is 0 Å². The molecule has 0 amide bonds. The number of aromatic hydroxyl groups is 2. The van der Waals surface area contributed by atoms with Gasteiger partial charge in [0.15, 0.2) is 17.3 Å². The number of hydrogen-bond acceptors (Lipinski definition) is 5. The molecule has 0 heterocycles. The molecule has 0 fully saturated rings. The van der Waals surface area contributed by atoms with Gasteiger partial charge in [-0.3, -0.25) is 4.79 Å². The Balaban J connectivity index is 1.60. The predicted octanol–water partition coefficient (Wildman–Crippen LogP) is 5.27. The first kappa shape index (κ1) is 21.6. The molecule has 28 heavy (non-hydrogen) atoms. The van der Waals surface area contributed by atoms with Gasteiger partial charge in [0.05, 0.1) is 14.2 Å². The number of aryl methyl sites for hydroxylation is 1. The molecule has 0 aliphatic rings. The van der Waals surface area contributed by atoms with Gasteiger partial charge in [-0.2, -0.15) is 0 Å². The summed E-state index contributed by atoms with van der Waals surface area (Å²) in [5, 5.41) is 19.4. The lowest BCUT2D eigenvalue weighted by Crippen LogP contribution is -2.00. The van der Waals surface area contributed by atoms with Crippen molar-refractivity contribution in [2.45, 2.75) is 51.4 Å². The fourth-order valence-corrected chi connectivity index (χ4v) is 3.30. The van der Waals surface area contributed by atoms with Crippen molar-refractivity contribution in [2.75, 3.05) is 14.2 Å². The van der Waals surface area contributed by atoms with Gasteiger partial charge in [0.1, 0.15) is 17.1 Å². The largest absolute Gasteiger partial charge is 0.507 e. The van der Waals surface area contributed by atoms with Crippen molar-refractivity contribution < 1.29 is 24.5 Å². The van der Waals surface area contributed by atoms with E-state index in [2.05, 4.69) is 6.07 Å². The van der Waals surface area contributed by atoms with Crippen molar-refractivity contribution in [3.05, 3.63) is 47.5 Å². The van der Waals surface area contributed by atoms with Crippen LogP contribution < -0.4 is 9.47 Å². The molecular formula is C23H30O5. The van der Waals surface area contributed by atoms with E-state index in [9.17, 15) is 15.0 Å². The highest BCUT2D eigenvalue weighted by Crippen LogP contribution is 2.29. The molecule has 2 aromatic carbocycles. The number of ether oxygens (including phenoxy) is 2. The second-order valence-electron chi connectivity index (χ2n) is 6.91. The molecule has 0 bridgehead atoms. The number of Topliss-reactive ketones (excluding diaryl/α,β-unsaturated/α-hetero) is 1. The number of hydrogen-bond donors (Lipinski definition) is 2. The molecular weight excluding hydrogens is 356 g/mol. The van der Waals surface area contributed by atoms with E-state index in [1.54, 1.807) is 14.2 Å². The number of phenols is 2. The number of benzene rings is 2. The Bertz CT molecular complexity index is 749. The molecule has 0 saturated heterocycles. The molecule has 152 valence electrons. The van der Waals surface area contributed by atoms with Crippen LogP contribution in [0.3, 0.4) is 0 Å². The van der Waals surface area contributed by atoms with Crippen LogP contribution in [-0.4, -0.2) is 30.2 Å². The molecule has 2 rings (SSSR count). The molecule has 2 N–H and O–H groups in total. The molecule has 0 aliphatic heterocycles. The molecule has 0 saturated carbocycles. The topological polar surface area (TPSA) is 76.0 Å². The fourth-order valence-electron chi connectivity index (χ4n) is 3.30. The first-order valence-corrected chi connectivity index (χ1v) is 9.82. The van der Waals surface area contributed by atoms with Gasteiger partial charge < -0.3 is 19.7 Å². The average Bonchev–Trinajstić information content (AvgIpc) is 2.69. The summed E-state index contributed by atoms with van der Waals surface area (Å²) in [6.07, 6.45) is 7.54. The van der Waals surface area contributed by atoms with E-state index in [1.807, 2.05) is 12.1 Å². The van der Waals surface area contributed by atoms with E-state index in [0.29, 0.717) is 6.42 Å². The second-order valence-corrected chi connectivity index (χ2v) is 6.91. The zero-order chi connectivity index (χ0) is 20.4. The molecule has 0 aromatic heterocycles. The molecule has 0 radical (unpaired) electrons. The Morgan fingerprint density at radius 2 is 1.43 bits per heavy atom. The summed E-state index contributed by atoms with van der Waals surface area (Å²) in [6.45, 7) is 0. The highest BCUT2D eigenvalue weighted by atomic mass is 16.5. The van der Waals surface area contributed by atoms with Crippen LogP contribution in [0.15, 0.2) is 36.4 Å². The minimum Gasteiger partial charge on any atom is -0.507 e. The van der Waals surface area contributed by atoms with Gasteiger partial charge in [0.25, 0.3) is 0 Å². The summed E-state index contributed by atoms with van der Waals surface area (Å²) in [6, 6.07) is 10.4. The van der Waals surface area contributed by atoms with Crippen LogP contribution in [-0.2, 0) is 6.42 Å². The van der Waals surface area contributed by atoms with Gasteiger partial charge >= 0.3 is 0 Å². The second kappa shape index (κ2) is 11.2. The first-order valence-electron chi connectivity index (χ1n) is 9.82. The van der Waals surface area contributed by atoms with Crippen molar-refractivity contribution in [3.63, 3.8) is 0 Å². The van der Waals surface area contributed by atoms with Gasteiger partial charge in [-0.25, -0.2) is 0 Å². The molecule has 5 nitrogen and oxygen atoms in total. The highest BCUT2D eigenvalue weighted by Gasteiger charge is 2.15. The van der Waals surface area contributed by atoms with Crippen LogP contribution in [0.2, 0.25) is 0 Å². The van der Waals surface area contributed by atoms with Crippen LogP contribution >= 0.6 is 0 Å². The fraction of sp³-hybridized carbons (Fsp3) is 0.435. The number of rotatable bonds is 12. The van der Waals surface area contributed by atoms with E-state index >= 15 is 0 Å². The van der Waals surface area contributed by atoms with Crippen LogP contribution in [0.25, 0.3) is 0 Å². The van der Waals surface area contributed by atoms with E-state index in [4.69, 9.17) is 9.47 Å². The smallest absolute Gasteiger partial charge is 0.170 e. The Labute approximate surface area is 166 Å². The maximum absolute atomic E-state index is 12.1. The van der Waals surface area contributed by atoms with Crippen LogP contribution in [0.5, 0.6) is 23.0 Å². The van der Waals surface area contributed by atoms with E-state index in [-0.39, 0.29) is 22.8 Å². The van der Waals surface area contributed by atoms with E-state index < -0.39 is 0 Å². The van der Waals surface area contributed by atoms with Gasteiger partial charge in [0.2, 0.25) is 0 Å². The number of carbonyl (C=O) groups is 1. The standard InChI is InChI=1S/C23H30O5/c1-27-21-15-14-17(16-22(21)28-2)10-7-5-3-4-6-8-11-18(24)23-19(25)12-9-13-20(23)26/h9,12-16,25-26H,3-8,10-11H2,1-2H3. The Kier molecular flexibility index (Phi) is 8.66. The number of ketones is 1. The minimum absolute atomic E-state index is 0.0393. The maximum Gasteiger partial charge on any atom is 0.170 e. The quantitative estimate of drug-likeness (QED) is 0.384. The number of unbranched alkanes of at least 4 members (excludes halogenated alkanes) is 5. The summed E-state index contributed by atoms with van der Waals surface area (Å²) in [4.78, 5) is 12.1. The first-order chi connectivity index (χ1) is 13.6. The molecule has 0 atom stereocenters. The zero-order valence-electron chi connectivity index (χ0n) is 16.7. The summed E-state index contributed by atoms with van der Waals surface area (Å²) >= 11 is 0. The lowest BCUT2D eigenvalue weighted by molar-refractivity contribution is 0.0973. The zero-order valence-corrected chi connectivity index (χ0v) is 16.7. The third kappa shape index (κ3) is 6.19. The van der Waals surface area contributed by atoms with E-state index in [1.165, 1.54) is 23.8 Å². The normalized spacial score (nSPS) is 10.6. The average molecular weight is 386 g/mol. The van der Waals surface area contributed by atoms with Crippen molar-refractivity contribution in [3.8, 4) is 23.0 Å². The minimum atomic E-state index is -0.205. The monoisotopic (exact) mass is 386 g/mol. The Morgan fingerprint density at radius 3 is 2.07 bits per heavy atom. The van der Waals surface area contributed by atoms with Crippen molar-refractivity contribution >= 4 is 5.78 Å². The van der Waals surface area contributed by atoms with Crippen molar-refractivity contribution in [1.82, 2.24) is 0 Å². The van der Waals surface area contributed by atoms with Crippen molar-refractivity contribution in [1.29, 1.82) is 0 Å². The molecule has 0 aliphatic carbocycles. The summed E-state index contributed by atoms with van der Waals surface area (Å²) < 4.78 is 10.6. The summed E-state index contributed by atoms with van der Waals surface area (Å²) in [7, 11) is 3.28. The summed E-state index contributed by atoms with van der Waals surface area (Å²) in [5.74, 6) is 1.00. The van der Waals surface area contributed by atoms with Crippen LogP contribution in [0.1, 0.15) is 60.9 Å². The Morgan fingerprint density at radius 1 is 0.821 bits per heavy atom. The summed E-state index contributed by atoms with van der Waals surface area (Å²) in [5.41, 5.74) is 1.28. The van der Waals surface area contributed by atoms with Gasteiger partial charge in [-0.05, 0) is 49.1 Å². The molecule has 0 unspecified atom stereocenters. The third-order valence-electron chi connectivity index (χ3n) is 4.87. The lowest BCUT2D eigenvalue weighted by atomic mass is 10.0. The maximum atomic E-state index is 12.1. The lowest BCUT2D eigenvalue weighted by Gasteiger charge is -2.09. The molecule has 0 spiro atoms. The predicted molar refractivity (Wildman–Crippen MR) is 110 cm³/mol. The van der Waals surface area contributed by atoms with Crippen LogP contribution in [0.4, 0.5) is 0 Å². The number of methoxy groups -OCH3 is 2. The van der Waals surface area contributed by atoms with Crippen molar-refractivity contribution in [2.24, 2.45) is 0 Å². The van der Waals surface area contributed by atoms with Crippen LogP contribution in [0, 0.1) is 0 Å². The van der Waals surface area contributed by atoms with E-state index in [0.717, 1.165) is 56.4 Å². The SMILES string of the molecule is COc1ccc(CCCCCCCCC(=O)c2c(O)cccc2O)cc1OC. The third-order valence-corrected chi connectivity index (χ3v) is 4.87. The molecule has 2 aromatic rings.